The summed E-state index contributed by atoms with van der Waals surface area (Å²) in [6.07, 6.45) is 1.73. The summed E-state index contributed by atoms with van der Waals surface area (Å²) in [7, 11) is 3.90. The summed E-state index contributed by atoms with van der Waals surface area (Å²) in [6.45, 7) is 3.67. The molecule has 1 heterocycles. The number of rotatable bonds is 5. The number of nitrogens with zero attached hydrogens (tertiary/aromatic N) is 4. The smallest absolute Gasteiger partial charge is 0.143 e. The number of hydrogen-bond acceptors (Lipinski definition) is 6. The molecule has 2 N–H and O–H groups in total. The Hall–Kier alpha value is -2.96. The largest absolute Gasteiger partial charge is 0.383 e. The fraction of sp³-hybridized carbons (Fsp3) is 0.167. The topological polar surface area (TPSA) is 89.7 Å². The summed E-state index contributed by atoms with van der Waals surface area (Å²) in [5.41, 5.74) is 8.87. The quantitative estimate of drug-likeness (QED) is 0.665. The third-order valence-electron chi connectivity index (χ3n) is 3.43. The molecule has 0 atom stereocenters. The van der Waals surface area contributed by atoms with Gasteiger partial charge in [-0.25, -0.2) is 4.98 Å². The first kappa shape index (κ1) is 17.4. The predicted octanol–water partition coefficient (Wildman–Crippen LogP) is 3.42. The van der Waals surface area contributed by atoms with Gasteiger partial charge in [0.05, 0.1) is 5.56 Å². The van der Waals surface area contributed by atoms with Crippen LogP contribution in [0, 0.1) is 22.7 Å². The highest BCUT2D eigenvalue weighted by molar-refractivity contribution is 7.99. The van der Waals surface area contributed by atoms with Crippen LogP contribution in [0.3, 0.4) is 0 Å². The maximum Gasteiger partial charge on any atom is 0.143 e. The predicted molar refractivity (Wildman–Crippen MR) is 98.8 cm³/mol. The van der Waals surface area contributed by atoms with Crippen LogP contribution in [0.25, 0.3) is 11.1 Å². The van der Waals surface area contributed by atoms with E-state index in [2.05, 4.69) is 23.7 Å². The van der Waals surface area contributed by atoms with Crippen LogP contribution in [0.5, 0.6) is 0 Å². The monoisotopic (exact) mass is 335 g/mol. The van der Waals surface area contributed by atoms with Gasteiger partial charge in [0.15, 0.2) is 0 Å². The maximum absolute atomic E-state index is 9.63. The number of nitrogen functional groups attached to an aromatic ring is 1. The van der Waals surface area contributed by atoms with E-state index < -0.39 is 0 Å². The van der Waals surface area contributed by atoms with Crippen molar-refractivity contribution in [2.24, 2.45) is 0 Å². The third kappa shape index (κ3) is 3.34. The lowest BCUT2D eigenvalue weighted by Gasteiger charge is -2.15. The molecule has 0 spiro atoms. The molecule has 0 aliphatic heterocycles. The Morgan fingerprint density at radius 1 is 1.21 bits per heavy atom. The van der Waals surface area contributed by atoms with Crippen molar-refractivity contribution in [3.8, 4) is 23.3 Å². The van der Waals surface area contributed by atoms with Crippen LogP contribution < -0.4 is 10.6 Å². The van der Waals surface area contributed by atoms with Crippen molar-refractivity contribution in [1.29, 1.82) is 10.5 Å². The first-order valence-corrected chi connectivity index (χ1v) is 8.17. The Kier molecular flexibility index (Phi) is 5.47. The van der Waals surface area contributed by atoms with Crippen molar-refractivity contribution >= 4 is 23.3 Å². The van der Waals surface area contributed by atoms with Gasteiger partial charge in [0.25, 0.3) is 0 Å². The van der Waals surface area contributed by atoms with Gasteiger partial charge < -0.3 is 10.6 Å². The number of anilines is 2. The molecule has 0 amide bonds. The second kappa shape index (κ2) is 7.54. The fourth-order valence-corrected chi connectivity index (χ4v) is 2.99. The Bertz CT molecular complexity index is 842. The van der Waals surface area contributed by atoms with Crippen molar-refractivity contribution in [3.05, 3.63) is 48.0 Å². The number of nitriles is 2. The Labute approximate surface area is 146 Å². The Morgan fingerprint density at radius 3 is 2.33 bits per heavy atom. The maximum atomic E-state index is 9.63. The number of hydrogen-bond donors (Lipinski definition) is 1. The van der Waals surface area contributed by atoms with Crippen LogP contribution in [-0.4, -0.2) is 24.8 Å². The van der Waals surface area contributed by atoms with E-state index in [1.165, 1.54) is 11.8 Å². The fourth-order valence-electron chi connectivity index (χ4n) is 2.26. The van der Waals surface area contributed by atoms with Gasteiger partial charge in [-0.1, -0.05) is 18.2 Å². The molecular weight excluding hydrogens is 318 g/mol. The van der Waals surface area contributed by atoms with E-state index >= 15 is 0 Å². The molecule has 6 heteroatoms. The molecule has 0 aliphatic rings. The van der Waals surface area contributed by atoms with Crippen LogP contribution in [-0.2, 0) is 0 Å². The highest BCUT2D eigenvalue weighted by Crippen LogP contribution is 2.36. The lowest BCUT2D eigenvalue weighted by molar-refractivity contribution is 1.11. The average molecular weight is 335 g/mol. The first-order valence-electron chi connectivity index (χ1n) is 7.18. The van der Waals surface area contributed by atoms with Crippen molar-refractivity contribution in [1.82, 2.24) is 4.98 Å². The van der Waals surface area contributed by atoms with E-state index in [0.717, 1.165) is 11.3 Å². The zero-order valence-electron chi connectivity index (χ0n) is 13.6. The summed E-state index contributed by atoms with van der Waals surface area (Å²) >= 11 is 1.37. The van der Waals surface area contributed by atoms with Gasteiger partial charge in [-0.2, -0.15) is 10.5 Å². The van der Waals surface area contributed by atoms with E-state index in [0.29, 0.717) is 21.9 Å². The minimum Gasteiger partial charge on any atom is -0.383 e. The van der Waals surface area contributed by atoms with Crippen molar-refractivity contribution < 1.29 is 0 Å². The van der Waals surface area contributed by atoms with E-state index in [-0.39, 0.29) is 11.4 Å². The van der Waals surface area contributed by atoms with E-state index in [4.69, 9.17) is 5.73 Å². The van der Waals surface area contributed by atoms with E-state index in [1.807, 2.05) is 43.3 Å². The molecule has 0 bridgehead atoms. The summed E-state index contributed by atoms with van der Waals surface area (Å²) in [4.78, 5) is 6.20. The summed E-state index contributed by atoms with van der Waals surface area (Å²) in [5.74, 6) is 0.737. The van der Waals surface area contributed by atoms with Crippen LogP contribution in [0.2, 0.25) is 0 Å². The summed E-state index contributed by atoms with van der Waals surface area (Å²) in [6, 6.07) is 11.9. The lowest BCUT2D eigenvalue weighted by Crippen LogP contribution is -2.08. The summed E-state index contributed by atoms with van der Waals surface area (Å²) < 4.78 is 0. The molecule has 5 nitrogen and oxygen atoms in total. The number of pyridine rings is 1. The third-order valence-corrected chi connectivity index (χ3v) is 4.40. The van der Waals surface area contributed by atoms with Crippen molar-refractivity contribution in [2.45, 2.75) is 5.03 Å². The van der Waals surface area contributed by atoms with Gasteiger partial charge in [-0.3, -0.25) is 0 Å². The average Bonchev–Trinajstić information content (AvgIpc) is 2.59. The van der Waals surface area contributed by atoms with E-state index in [1.54, 1.807) is 6.08 Å². The van der Waals surface area contributed by atoms with Gasteiger partial charge in [-0.05, 0) is 17.7 Å². The van der Waals surface area contributed by atoms with E-state index in [9.17, 15) is 10.5 Å². The molecule has 2 rings (SSSR count). The van der Waals surface area contributed by atoms with Gasteiger partial charge in [0, 0.05) is 31.1 Å². The minimum absolute atomic E-state index is 0.134. The van der Waals surface area contributed by atoms with Crippen LogP contribution in [0.1, 0.15) is 11.1 Å². The molecule has 120 valence electrons. The van der Waals surface area contributed by atoms with Crippen LogP contribution >= 0.6 is 11.8 Å². The van der Waals surface area contributed by atoms with Crippen LogP contribution in [0.15, 0.2) is 41.9 Å². The zero-order chi connectivity index (χ0) is 17.7. The second-order valence-corrected chi connectivity index (χ2v) is 6.20. The van der Waals surface area contributed by atoms with Gasteiger partial charge in [0.1, 0.15) is 28.5 Å². The number of aromatic nitrogens is 1. The minimum atomic E-state index is 0.134. The number of nitrogens with two attached hydrogens (primary N) is 1. The molecule has 0 saturated carbocycles. The molecule has 2 aromatic rings. The molecule has 1 aromatic carbocycles. The molecule has 0 unspecified atom stereocenters. The second-order valence-electron chi connectivity index (χ2n) is 5.19. The highest BCUT2D eigenvalue weighted by Gasteiger charge is 2.20. The molecule has 0 aliphatic carbocycles. The number of benzene rings is 1. The molecule has 1 aromatic heterocycles. The van der Waals surface area contributed by atoms with Crippen molar-refractivity contribution in [3.63, 3.8) is 0 Å². The molecule has 0 fully saturated rings. The molecular formula is C18H17N5S. The zero-order valence-corrected chi connectivity index (χ0v) is 14.4. The standard InChI is InChI=1S/C18H17N5S/c1-4-9-24-18-15(11-20)16(14(10-19)17(21)22-18)12-5-7-13(8-6-12)23(2)3/h4-8H,1,9H2,2-3H3,(H2,21,22). The molecule has 24 heavy (non-hydrogen) atoms. The first-order chi connectivity index (χ1) is 11.5. The van der Waals surface area contributed by atoms with Crippen molar-refractivity contribution in [2.75, 3.05) is 30.5 Å². The molecule has 0 saturated heterocycles. The lowest BCUT2D eigenvalue weighted by atomic mass is 9.96. The van der Waals surface area contributed by atoms with Crippen LogP contribution in [0.4, 0.5) is 11.5 Å². The Morgan fingerprint density at radius 2 is 1.83 bits per heavy atom. The van der Waals surface area contributed by atoms with Gasteiger partial charge >= 0.3 is 0 Å². The molecule has 0 radical (unpaired) electrons. The normalized spacial score (nSPS) is 9.83. The number of thioether (sulfide) groups is 1. The Balaban J connectivity index is 2.70. The van der Waals surface area contributed by atoms with Gasteiger partial charge in [0.2, 0.25) is 0 Å². The summed E-state index contributed by atoms with van der Waals surface area (Å²) in [5, 5.41) is 19.6. The highest BCUT2D eigenvalue weighted by atomic mass is 32.2. The SMILES string of the molecule is C=CCSc1nc(N)c(C#N)c(-c2ccc(N(C)C)cc2)c1C#N. The van der Waals surface area contributed by atoms with Gasteiger partial charge in [-0.15, -0.1) is 18.3 Å².